The zero-order chi connectivity index (χ0) is 29.1. The van der Waals surface area contributed by atoms with Crippen molar-refractivity contribution in [2.24, 2.45) is 0 Å². The summed E-state index contributed by atoms with van der Waals surface area (Å²) in [5.74, 6) is 0.625. The van der Waals surface area contributed by atoms with Gasteiger partial charge < -0.3 is 19.4 Å². The van der Waals surface area contributed by atoms with Crippen molar-refractivity contribution in [2.75, 3.05) is 24.3 Å². The third-order valence-corrected chi connectivity index (χ3v) is 8.91. The SMILES string of the molecule is CC(C)(C)S(=O)(=O)CCOCCn1ccc2ncnc(Nc3ccc(Oc4cccc(C(F)(F)F)c4)c(Cl)c3)c21. The summed E-state index contributed by atoms with van der Waals surface area (Å²) in [6.45, 7) is 5.79. The summed E-state index contributed by atoms with van der Waals surface area (Å²) >= 11 is 6.38. The largest absolute Gasteiger partial charge is 0.456 e. The molecule has 0 aliphatic rings. The normalized spacial score (nSPS) is 12.6. The standard InChI is InChI=1S/C27H28ClF3N4O4S/c1-26(2,3)40(36,37)14-13-38-12-11-35-10-9-22-24(35)25(33-17-32-22)34-19-7-8-23(21(28)16-19)39-20-6-4-5-18(15-20)27(29,30)31/h4-10,15-17H,11-14H2,1-3H3,(H,32,33,34). The molecule has 0 spiro atoms. The van der Waals surface area contributed by atoms with E-state index < -0.39 is 26.3 Å². The molecule has 13 heteroatoms. The lowest BCUT2D eigenvalue weighted by Crippen LogP contribution is -2.32. The van der Waals surface area contributed by atoms with E-state index in [9.17, 15) is 21.6 Å². The number of rotatable bonds is 10. The molecule has 214 valence electrons. The van der Waals surface area contributed by atoms with Gasteiger partial charge in [0.05, 0.1) is 39.8 Å². The molecule has 0 unspecified atom stereocenters. The van der Waals surface area contributed by atoms with E-state index in [1.807, 2.05) is 16.8 Å². The lowest BCUT2D eigenvalue weighted by molar-refractivity contribution is -0.137. The van der Waals surface area contributed by atoms with Gasteiger partial charge in [-0.3, -0.25) is 0 Å². The molecular formula is C27H28ClF3N4O4S. The molecule has 0 amide bonds. The lowest BCUT2D eigenvalue weighted by Gasteiger charge is -2.19. The van der Waals surface area contributed by atoms with Crippen LogP contribution in [0.4, 0.5) is 24.7 Å². The average molecular weight is 597 g/mol. The Balaban J connectivity index is 1.44. The molecule has 0 bridgehead atoms. The van der Waals surface area contributed by atoms with Crippen molar-refractivity contribution in [3.8, 4) is 11.5 Å². The molecule has 0 saturated carbocycles. The highest BCUT2D eigenvalue weighted by Crippen LogP contribution is 2.36. The molecule has 0 aliphatic carbocycles. The Kier molecular flexibility index (Phi) is 8.62. The van der Waals surface area contributed by atoms with Crippen molar-refractivity contribution in [2.45, 2.75) is 38.2 Å². The number of halogens is 4. The van der Waals surface area contributed by atoms with Gasteiger partial charge in [-0.25, -0.2) is 18.4 Å². The number of aromatic nitrogens is 3. The van der Waals surface area contributed by atoms with Crippen molar-refractivity contribution in [1.29, 1.82) is 0 Å². The molecular weight excluding hydrogens is 569 g/mol. The van der Waals surface area contributed by atoms with Gasteiger partial charge in [-0.05, 0) is 63.2 Å². The average Bonchev–Trinajstić information content (AvgIpc) is 3.28. The van der Waals surface area contributed by atoms with Crippen LogP contribution in [0.3, 0.4) is 0 Å². The number of hydrogen-bond acceptors (Lipinski definition) is 7. The van der Waals surface area contributed by atoms with Crippen LogP contribution in [-0.4, -0.2) is 46.7 Å². The molecule has 0 fully saturated rings. The van der Waals surface area contributed by atoms with Crippen molar-refractivity contribution in [3.05, 3.63) is 71.6 Å². The molecule has 0 saturated heterocycles. The number of hydrogen-bond donors (Lipinski definition) is 1. The van der Waals surface area contributed by atoms with Crippen LogP contribution in [-0.2, 0) is 27.3 Å². The quantitative estimate of drug-likeness (QED) is 0.200. The minimum Gasteiger partial charge on any atom is -0.456 e. The van der Waals surface area contributed by atoms with Gasteiger partial charge in [-0.2, -0.15) is 13.2 Å². The van der Waals surface area contributed by atoms with Crippen LogP contribution in [0.15, 0.2) is 61.1 Å². The summed E-state index contributed by atoms with van der Waals surface area (Å²) in [5, 5.41) is 3.37. The van der Waals surface area contributed by atoms with E-state index in [-0.39, 0.29) is 35.5 Å². The fourth-order valence-corrected chi connectivity index (χ4v) is 4.88. The van der Waals surface area contributed by atoms with E-state index in [1.54, 1.807) is 39.0 Å². The summed E-state index contributed by atoms with van der Waals surface area (Å²) in [6.07, 6.45) is -1.25. The fraction of sp³-hybridized carbons (Fsp3) is 0.333. The zero-order valence-corrected chi connectivity index (χ0v) is 23.6. The highest BCUT2D eigenvalue weighted by Gasteiger charge is 2.31. The number of fused-ring (bicyclic) bond motifs is 1. The van der Waals surface area contributed by atoms with Crippen molar-refractivity contribution >= 4 is 44.0 Å². The molecule has 4 aromatic rings. The maximum Gasteiger partial charge on any atom is 0.416 e. The van der Waals surface area contributed by atoms with Gasteiger partial charge in [0, 0.05) is 18.4 Å². The van der Waals surface area contributed by atoms with Crippen LogP contribution in [0.25, 0.3) is 11.0 Å². The molecule has 1 N–H and O–H groups in total. The van der Waals surface area contributed by atoms with E-state index >= 15 is 0 Å². The number of nitrogens with zero attached hydrogens (tertiary/aromatic N) is 3. The smallest absolute Gasteiger partial charge is 0.416 e. The number of nitrogens with one attached hydrogen (secondary N) is 1. The third kappa shape index (κ3) is 7.04. The second-order valence-electron chi connectivity index (χ2n) is 9.91. The number of sulfone groups is 1. The predicted octanol–water partition coefficient (Wildman–Crippen LogP) is 6.87. The Morgan fingerprint density at radius 1 is 1.02 bits per heavy atom. The number of alkyl halides is 3. The first-order chi connectivity index (χ1) is 18.7. The van der Waals surface area contributed by atoms with E-state index in [2.05, 4.69) is 15.3 Å². The van der Waals surface area contributed by atoms with Gasteiger partial charge in [0.15, 0.2) is 15.7 Å². The molecule has 0 aliphatic heterocycles. The predicted molar refractivity (Wildman–Crippen MR) is 148 cm³/mol. The zero-order valence-electron chi connectivity index (χ0n) is 22.0. The lowest BCUT2D eigenvalue weighted by atomic mass is 10.2. The second kappa shape index (κ2) is 11.6. The van der Waals surface area contributed by atoms with Crippen LogP contribution in [0.1, 0.15) is 26.3 Å². The highest BCUT2D eigenvalue weighted by atomic mass is 35.5. The topological polar surface area (TPSA) is 95.3 Å². The van der Waals surface area contributed by atoms with Gasteiger partial charge in [-0.1, -0.05) is 17.7 Å². The molecule has 2 aromatic carbocycles. The van der Waals surface area contributed by atoms with Gasteiger partial charge in [-0.15, -0.1) is 0 Å². The number of ether oxygens (including phenoxy) is 2. The van der Waals surface area contributed by atoms with Gasteiger partial charge in [0.25, 0.3) is 0 Å². The minimum absolute atomic E-state index is 0.00555. The van der Waals surface area contributed by atoms with Crippen LogP contribution in [0.2, 0.25) is 5.02 Å². The summed E-state index contributed by atoms with van der Waals surface area (Å²) in [7, 11) is -3.27. The summed E-state index contributed by atoms with van der Waals surface area (Å²) in [6, 6.07) is 11.1. The molecule has 0 atom stereocenters. The first-order valence-corrected chi connectivity index (χ1v) is 14.3. The van der Waals surface area contributed by atoms with Gasteiger partial charge in [0.1, 0.15) is 23.3 Å². The number of benzene rings is 2. The summed E-state index contributed by atoms with van der Waals surface area (Å²) < 4.78 is 75.8. The summed E-state index contributed by atoms with van der Waals surface area (Å²) in [5.41, 5.74) is 1.13. The Bertz CT molecular complexity index is 1600. The monoisotopic (exact) mass is 596 g/mol. The Hall–Kier alpha value is -3.35. The van der Waals surface area contributed by atoms with E-state index in [1.165, 1.54) is 18.5 Å². The van der Waals surface area contributed by atoms with Gasteiger partial charge >= 0.3 is 6.18 Å². The maximum atomic E-state index is 13.0. The molecule has 2 heterocycles. The van der Waals surface area contributed by atoms with Gasteiger partial charge in [0.2, 0.25) is 0 Å². The first-order valence-electron chi connectivity index (χ1n) is 12.3. The Morgan fingerprint density at radius 3 is 2.50 bits per heavy atom. The van der Waals surface area contributed by atoms with Crippen molar-refractivity contribution in [1.82, 2.24) is 14.5 Å². The number of anilines is 2. The van der Waals surface area contributed by atoms with Crippen LogP contribution < -0.4 is 10.1 Å². The highest BCUT2D eigenvalue weighted by molar-refractivity contribution is 7.92. The van der Waals surface area contributed by atoms with Crippen molar-refractivity contribution < 1.29 is 31.1 Å². The first kappa shape index (κ1) is 29.6. The summed E-state index contributed by atoms with van der Waals surface area (Å²) in [4.78, 5) is 8.64. The molecule has 8 nitrogen and oxygen atoms in total. The molecule has 4 rings (SSSR count). The van der Waals surface area contributed by atoms with Crippen LogP contribution in [0.5, 0.6) is 11.5 Å². The maximum absolute atomic E-state index is 13.0. The Labute approximate surface area is 235 Å². The minimum atomic E-state index is -4.49. The Morgan fingerprint density at radius 2 is 1.80 bits per heavy atom. The van der Waals surface area contributed by atoms with Crippen LogP contribution >= 0.6 is 11.6 Å². The third-order valence-electron chi connectivity index (χ3n) is 6.04. The fourth-order valence-electron chi connectivity index (χ4n) is 3.71. The molecule has 0 radical (unpaired) electrons. The van der Waals surface area contributed by atoms with E-state index in [4.69, 9.17) is 21.1 Å². The van der Waals surface area contributed by atoms with Crippen LogP contribution in [0, 0.1) is 0 Å². The van der Waals surface area contributed by atoms with E-state index in [0.717, 1.165) is 12.1 Å². The molecule has 40 heavy (non-hydrogen) atoms. The molecule has 2 aromatic heterocycles. The van der Waals surface area contributed by atoms with Crippen molar-refractivity contribution in [3.63, 3.8) is 0 Å². The van der Waals surface area contributed by atoms with E-state index in [0.29, 0.717) is 29.1 Å². The second-order valence-corrected chi connectivity index (χ2v) is 13.2.